The van der Waals surface area contributed by atoms with E-state index >= 15 is 0 Å². The number of methoxy groups -OCH3 is 1. The first-order chi connectivity index (χ1) is 10.6. The predicted octanol–water partition coefficient (Wildman–Crippen LogP) is 3.21. The minimum atomic E-state index is -0.173. The summed E-state index contributed by atoms with van der Waals surface area (Å²) >= 11 is 0. The van der Waals surface area contributed by atoms with Gasteiger partial charge >= 0.3 is 0 Å². The van der Waals surface area contributed by atoms with Crippen molar-refractivity contribution in [2.24, 2.45) is 0 Å². The second kappa shape index (κ2) is 5.52. The lowest BCUT2D eigenvalue weighted by molar-refractivity contribution is 0.102. The molecule has 5 heteroatoms. The van der Waals surface area contributed by atoms with Crippen LogP contribution in [0.5, 0.6) is 5.75 Å². The average molecular weight is 295 g/mol. The number of fused-ring (bicyclic) bond motifs is 1. The van der Waals surface area contributed by atoms with Gasteiger partial charge in [-0.1, -0.05) is 6.07 Å². The Morgan fingerprint density at radius 1 is 1.23 bits per heavy atom. The first kappa shape index (κ1) is 14.1. The fraction of sp³-hybridized carbons (Fsp3) is 0.176. The molecule has 22 heavy (non-hydrogen) atoms. The topological polar surface area (TPSA) is 55.6 Å². The number of pyridine rings is 1. The molecule has 0 aliphatic rings. The van der Waals surface area contributed by atoms with E-state index < -0.39 is 0 Å². The number of amides is 1. The molecule has 0 aliphatic carbocycles. The minimum absolute atomic E-state index is 0.173. The van der Waals surface area contributed by atoms with E-state index in [0.717, 1.165) is 22.7 Å². The number of rotatable bonds is 3. The Kier molecular flexibility index (Phi) is 3.55. The van der Waals surface area contributed by atoms with E-state index in [0.29, 0.717) is 11.3 Å². The lowest BCUT2D eigenvalue weighted by Crippen LogP contribution is -2.12. The van der Waals surface area contributed by atoms with Gasteiger partial charge in [-0.05, 0) is 44.2 Å². The van der Waals surface area contributed by atoms with E-state index in [-0.39, 0.29) is 5.91 Å². The second-order valence-corrected chi connectivity index (χ2v) is 5.11. The molecule has 2 heterocycles. The van der Waals surface area contributed by atoms with Crippen LogP contribution in [0.4, 0.5) is 5.69 Å². The molecule has 0 bridgehead atoms. The summed E-state index contributed by atoms with van der Waals surface area (Å²) in [6.07, 6.45) is 1.88. The van der Waals surface area contributed by atoms with Gasteiger partial charge in [0.1, 0.15) is 11.4 Å². The van der Waals surface area contributed by atoms with Gasteiger partial charge in [-0.15, -0.1) is 0 Å². The van der Waals surface area contributed by atoms with Crippen LogP contribution in [0.25, 0.3) is 5.65 Å². The number of aryl methyl sites for hydroxylation is 2. The van der Waals surface area contributed by atoms with Gasteiger partial charge in [0.05, 0.1) is 18.5 Å². The number of nitrogens with zero attached hydrogens (tertiary/aromatic N) is 2. The molecule has 0 unspecified atom stereocenters. The highest BCUT2D eigenvalue weighted by Gasteiger charge is 2.09. The minimum Gasteiger partial charge on any atom is -0.497 e. The van der Waals surface area contributed by atoms with Crippen LogP contribution in [0.3, 0.4) is 0 Å². The maximum absolute atomic E-state index is 12.3. The van der Waals surface area contributed by atoms with Crippen molar-refractivity contribution in [3.8, 4) is 5.75 Å². The molecule has 5 nitrogen and oxygen atoms in total. The standard InChI is InChI=1S/C17H17N3O2/c1-11-12(2)20-10-14(7-8-16(20)18-11)19-17(21)13-5-4-6-15(9-13)22-3/h4-10H,1-3H3,(H,19,21). The lowest BCUT2D eigenvalue weighted by Gasteiger charge is -2.07. The van der Waals surface area contributed by atoms with E-state index in [1.54, 1.807) is 31.4 Å². The van der Waals surface area contributed by atoms with Gasteiger partial charge in [-0.25, -0.2) is 4.98 Å². The van der Waals surface area contributed by atoms with E-state index in [1.165, 1.54) is 0 Å². The van der Waals surface area contributed by atoms with Crippen molar-refractivity contribution >= 4 is 17.2 Å². The largest absolute Gasteiger partial charge is 0.497 e. The molecule has 2 aromatic heterocycles. The number of hydrogen-bond acceptors (Lipinski definition) is 3. The molecule has 3 rings (SSSR count). The summed E-state index contributed by atoms with van der Waals surface area (Å²) in [5.41, 5.74) is 4.19. The van der Waals surface area contributed by atoms with Gasteiger partial charge < -0.3 is 14.5 Å². The SMILES string of the molecule is COc1cccc(C(=O)Nc2ccc3nc(C)c(C)n3c2)c1. The van der Waals surface area contributed by atoms with Gasteiger partial charge in [0, 0.05) is 17.5 Å². The summed E-state index contributed by atoms with van der Waals surface area (Å²) in [6.45, 7) is 3.97. The van der Waals surface area contributed by atoms with Crippen LogP contribution in [-0.4, -0.2) is 22.4 Å². The first-order valence-corrected chi connectivity index (χ1v) is 6.99. The van der Waals surface area contributed by atoms with Crippen molar-refractivity contribution < 1.29 is 9.53 Å². The number of anilines is 1. The molecule has 112 valence electrons. The fourth-order valence-corrected chi connectivity index (χ4v) is 2.32. The molecular weight excluding hydrogens is 278 g/mol. The fourth-order valence-electron chi connectivity index (χ4n) is 2.32. The molecule has 0 aliphatic heterocycles. The summed E-state index contributed by atoms with van der Waals surface area (Å²) in [5.74, 6) is 0.483. The third kappa shape index (κ3) is 2.53. The third-order valence-electron chi connectivity index (χ3n) is 3.68. The Bertz CT molecular complexity index is 852. The smallest absolute Gasteiger partial charge is 0.255 e. The summed E-state index contributed by atoms with van der Waals surface area (Å²) in [6, 6.07) is 10.8. The Hall–Kier alpha value is -2.82. The molecule has 0 saturated heterocycles. The van der Waals surface area contributed by atoms with Crippen molar-refractivity contribution in [2.45, 2.75) is 13.8 Å². The zero-order valence-electron chi connectivity index (χ0n) is 12.8. The number of aromatic nitrogens is 2. The number of nitrogens with one attached hydrogen (secondary N) is 1. The number of carbonyl (C=O) groups is 1. The molecule has 0 fully saturated rings. The zero-order chi connectivity index (χ0) is 15.7. The third-order valence-corrected chi connectivity index (χ3v) is 3.68. The van der Waals surface area contributed by atoms with Crippen molar-refractivity contribution in [1.82, 2.24) is 9.38 Å². The Morgan fingerprint density at radius 3 is 2.82 bits per heavy atom. The van der Waals surface area contributed by atoms with Gasteiger partial charge in [0.25, 0.3) is 5.91 Å². The normalized spacial score (nSPS) is 10.7. The van der Waals surface area contributed by atoms with Crippen LogP contribution in [-0.2, 0) is 0 Å². The summed E-state index contributed by atoms with van der Waals surface area (Å²) in [5, 5.41) is 2.90. The molecule has 3 aromatic rings. The zero-order valence-corrected chi connectivity index (χ0v) is 12.8. The van der Waals surface area contributed by atoms with Crippen LogP contribution in [0.1, 0.15) is 21.7 Å². The highest BCUT2D eigenvalue weighted by Crippen LogP contribution is 2.17. The first-order valence-electron chi connectivity index (χ1n) is 6.99. The molecule has 1 aromatic carbocycles. The molecule has 1 amide bonds. The van der Waals surface area contributed by atoms with Gasteiger partial charge in [0.2, 0.25) is 0 Å². The van der Waals surface area contributed by atoms with Crippen molar-refractivity contribution in [2.75, 3.05) is 12.4 Å². The number of ether oxygens (including phenoxy) is 1. The molecule has 1 N–H and O–H groups in total. The van der Waals surface area contributed by atoms with Gasteiger partial charge in [0.15, 0.2) is 0 Å². The Balaban J connectivity index is 1.88. The number of benzene rings is 1. The molecular formula is C17H17N3O2. The molecule has 0 radical (unpaired) electrons. The quantitative estimate of drug-likeness (QED) is 0.807. The second-order valence-electron chi connectivity index (χ2n) is 5.11. The number of hydrogen-bond donors (Lipinski definition) is 1. The number of carbonyl (C=O) groups excluding carboxylic acids is 1. The van der Waals surface area contributed by atoms with Crippen molar-refractivity contribution in [1.29, 1.82) is 0 Å². The monoisotopic (exact) mass is 295 g/mol. The maximum Gasteiger partial charge on any atom is 0.255 e. The van der Waals surface area contributed by atoms with Gasteiger partial charge in [-0.2, -0.15) is 0 Å². The maximum atomic E-state index is 12.3. The van der Waals surface area contributed by atoms with E-state index in [9.17, 15) is 4.79 Å². The predicted molar refractivity (Wildman–Crippen MR) is 85.6 cm³/mol. The van der Waals surface area contributed by atoms with Crippen LogP contribution < -0.4 is 10.1 Å². The average Bonchev–Trinajstić information content (AvgIpc) is 2.82. The highest BCUT2D eigenvalue weighted by atomic mass is 16.5. The molecule has 0 saturated carbocycles. The molecule has 0 atom stereocenters. The number of imidazole rings is 1. The van der Waals surface area contributed by atoms with E-state index in [4.69, 9.17) is 4.74 Å². The van der Waals surface area contributed by atoms with Crippen LogP contribution >= 0.6 is 0 Å². The Morgan fingerprint density at radius 2 is 2.05 bits per heavy atom. The van der Waals surface area contributed by atoms with Crippen LogP contribution in [0.15, 0.2) is 42.6 Å². The van der Waals surface area contributed by atoms with Gasteiger partial charge in [-0.3, -0.25) is 4.79 Å². The van der Waals surface area contributed by atoms with Crippen LogP contribution in [0, 0.1) is 13.8 Å². The summed E-state index contributed by atoms with van der Waals surface area (Å²) in [7, 11) is 1.58. The summed E-state index contributed by atoms with van der Waals surface area (Å²) in [4.78, 5) is 16.8. The Labute approximate surface area is 128 Å². The highest BCUT2D eigenvalue weighted by molar-refractivity contribution is 6.04. The van der Waals surface area contributed by atoms with E-state index in [2.05, 4.69) is 10.3 Å². The molecule has 0 spiro atoms. The summed E-state index contributed by atoms with van der Waals surface area (Å²) < 4.78 is 7.11. The lowest BCUT2D eigenvalue weighted by atomic mass is 10.2. The van der Waals surface area contributed by atoms with Crippen LogP contribution in [0.2, 0.25) is 0 Å². The van der Waals surface area contributed by atoms with Crippen molar-refractivity contribution in [3.05, 3.63) is 59.5 Å². The van der Waals surface area contributed by atoms with E-state index in [1.807, 2.05) is 36.6 Å². The van der Waals surface area contributed by atoms with Crippen molar-refractivity contribution in [3.63, 3.8) is 0 Å².